The molecule has 0 spiro atoms. The molecule has 0 atom stereocenters. The van der Waals surface area contributed by atoms with E-state index in [4.69, 9.17) is 17.3 Å². The summed E-state index contributed by atoms with van der Waals surface area (Å²) < 4.78 is 13.5. The predicted octanol–water partition coefficient (Wildman–Crippen LogP) is 3.21. The summed E-state index contributed by atoms with van der Waals surface area (Å²) in [5.41, 5.74) is 6.93. The number of rotatable bonds is 4. The van der Waals surface area contributed by atoms with Crippen LogP contribution in [0.25, 0.3) is 0 Å². The average Bonchev–Trinajstić information content (AvgIpc) is 2.22. The third-order valence-electron chi connectivity index (χ3n) is 2.86. The minimum absolute atomic E-state index is 0.0283. The Bertz CT molecular complexity index is 405. The van der Waals surface area contributed by atoms with Crippen molar-refractivity contribution in [2.75, 3.05) is 25.0 Å². The lowest BCUT2D eigenvalue weighted by Crippen LogP contribution is -2.36. The standard InChI is InChI=1S/C13H20ClFN2/c1-9-5-10(14)12(6-11(9)15)17(4)8-13(2,3)7-16/h5-6H,7-8,16H2,1-4H3. The van der Waals surface area contributed by atoms with Crippen LogP contribution in [-0.4, -0.2) is 20.1 Å². The minimum Gasteiger partial charge on any atom is -0.373 e. The van der Waals surface area contributed by atoms with Crippen LogP contribution in [0.3, 0.4) is 0 Å². The van der Waals surface area contributed by atoms with Gasteiger partial charge in [0.1, 0.15) is 5.82 Å². The zero-order chi connectivity index (χ0) is 13.2. The molecule has 2 nitrogen and oxygen atoms in total. The Morgan fingerprint density at radius 3 is 2.53 bits per heavy atom. The van der Waals surface area contributed by atoms with Gasteiger partial charge in [0.2, 0.25) is 0 Å². The van der Waals surface area contributed by atoms with E-state index in [1.807, 2.05) is 11.9 Å². The fraction of sp³-hybridized carbons (Fsp3) is 0.538. The maximum atomic E-state index is 13.5. The first kappa shape index (κ1) is 14.3. The number of hydrogen-bond acceptors (Lipinski definition) is 2. The summed E-state index contributed by atoms with van der Waals surface area (Å²) in [7, 11) is 1.90. The van der Waals surface area contributed by atoms with Crippen molar-refractivity contribution in [1.82, 2.24) is 0 Å². The molecule has 0 aliphatic heterocycles. The Morgan fingerprint density at radius 2 is 2.00 bits per heavy atom. The van der Waals surface area contributed by atoms with Gasteiger partial charge in [-0.1, -0.05) is 25.4 Å². The molecular formula is C13H20ClFN2. The van der Waals surface area contributed by atoms with E-state index >= 15 is 0 Å². The minimum atomic E-state index is -0.234. The summed E-state index contributed by atoms with van der Waals surface area (Å²) in [6.07, 6.45) is 0. The van der Waals surface area contributed by atoms with Gasteiger partial charge in [-0.3, -0.25) is 0 Å². The number of nitrogens with two attached hydrogens (primary N) is 1. The van der Waals surface area contributed by atoms with Gasteiger partial charge < -0.3 is 10.6 Å². The van der Waals surface area contributed by atoms with Crippen molar-refractivity contribution in [3.8, 4) is 0 Å². The molecule has 1 rings (SSSR count). The molecule has 96 valence electrons. The number of halogens is 2. The highest BCUT2D eigenvalue weighted by Crippen LogP contribution is 2.29. The second-order valence-corrected chi connectivity index (χ2v) is 5.68. The summed E-state index contributed by atoms with van der Waals surface area (Å²) >= 11 is 6.13. The van der Waals surface area contributed by atoms with Crippen molar-refractivity contribution in [3.63, 3.8) is 0 Å². The molecule has 4 heteroatoms. The van der Waals surface area contributed by atoms with Crippen LogP contribution >= 0.6 is 11.6 Å². The first-order valence-corrected chi connectivity index (χ1v) is 6.01. The Hall–Kier alpha value is -0.800. The third kappa shape index (κ3) is 3.58. The predicted molar refractivity (Wildman–Crippen MR) is 72.3 cm³/mol. The highest BCUT2D eigenvalue weighted by Gasteiger charge is 2.20. The lowest BCUT2D eigenvalue weighted by molar-refractivity contribution is 0.385. The van der Waals surface area contributed by atoms with E-state index in [2.05, 4.69) is 13.8 Å². The lowest BCUT2D eigenvalue weighted by atomic mass is 9.93. The highest BCUT2D eigenvalue weighted by atomic mass is 35.5. The van der Waals surface area contributed by atoms with Crippen molar-refractivity contribution in [3.05, 3.63) is 28.5 Å². The highest BCUT2D eigenvalue weighted by molar-refractivity contribution is 6.33. The van der Waals surface area contributed by atoms with Crippen molar-refractivity contribution in [2.24, 2.45) is 11.1 Å². The van der Waals surface area contributed by atoms with Gasteiger partial charge in [0.05, 0.1) is 10.7 Å². The van der Waals surface area contributed by atoms with Crippen LogP contribution in [0.5, 0.6) is 0 Å². The van der Waals surface area contributed by atoms with Crippen LogP contribution < -0.4 is 10.6 Å². The third-order valence-corrected chi connectivity index (χ3v) is 3.16. The number of benzene rings is 1. The van der Waals surface area contributed by atoms with E-state index in [0.717, 1.165) is 6.54 Å². The zero-order valence-electron chi connectivity index (χ0n) is 10.8. The summed E-state index contributed by atoms with van der Waals surface area (Å²) in [6, 6.07) is 3.13. The molecule has 0 aliphatic rings. The fourth-order valence-corrected chi connectivity index (χ4v) is 2.08. The van der Waals surface area contributed by atoms with Crippen LogP contribution in [-0.2, 0) is 0 Å². The van der Waals surface area contributed by atoms with E-state index in [1.54, 1.807) is 13.0 Å². The van der Waals surface area contributed by atoms with Crippen LogP contribution in [0.15, 0.2) is 12.1 Å². The van der Waals surface area contributed by atoms with Gasteiger partial charge in [-0.05, 0) is 36.6 Å². The number of nitrogens with zero attached hydrogens (tertiary/aromatic N) is 1. The molecule has 0 fully saturated rings. The Balaban J connectivity index is 2.97. The maximum absolute atomic E-state index is 13.5. The molecule has 2 N–H and O–H groups in total. The van der Waals surface area contributed by atoms with Crippen LogP contribution in [0.2, 0.25) is 5.02 Å². The van der Waals surface area contributed by atoms with Gasteiger partial charge in [0.15, 0.2) is 0 Å². The van der Waals surface area contributed by atoms with Crippen molar-refractivity contribution in [2.45, 2.75) is 20.8 Å². The van der Waals surface area contributed by atoms with Gasteiger partial charge in [-0.15, -0.1) is 0 Å². The van der Waals surface area contributed by atoms with Crippen LogP contribution in [0, 0.1) is 18.2 Å². The molecular weight excluding hydrogens is 239 g/mol. The first-order valence-electron chi connectivity index (χ1n) is 5.64. The maximum Gasteiger partial charge on any atom is 0.128 e. The molecule has 0 aliphatic carbocycles. The Morgan fingerprint density at radius 1 is 1.41 bits per heavy atom. The number of anilines is 1. The molecule has 0 saturated heterocycles. The van der Waals surface area contributed by atoms with E-state index in [-0.39, 0.29) is 11.2 Å². The smallest absolute Gasteiger partial charge is 0.128 e. The van der Waals surface area contributed by atoms with Crippen LogP contribution in [0.1, 0.15) is 19.4 Å². The molecule has 0 saturated carbocycles. The molecule has 1 aromatic rings. The molecule has 0 radical (unpaired) electrons. The van der Waals surface area contributed by atoms with Gasteiger partial charge in [-0.25, -0.2) is 4.39 Å². The van der Waals surface area contributed by atoms with E-state index in [1.165, 1.54) is 6.07 Å². The molecule has 17 heavy (non-hydrogen) atoms. The lowest BCUT2D eigenvalue weighted by Gasteiger charge is -2.31. The monoisotopic (exact) mass is 258 g/mol. The first-order chi connectivity index (χ1) is 7.76. The molecule has 1 aromatic carbocycles. The summed E-state index contributed by atoms with van der Waals surface area (Å²) in [6.45, 7) is 7.15. The SMILES string of the molecule is Cc1cc(Cl)c(N(C)CC(C)(C)CN)cc1F. The molecule has 0 heterocycles. The second kappa shape index (κ2) is 5.23. The molecule has 0 aromatic heterocycles. The average molecular weight is 259 g/mol. The van der Waals surface area contributed by atoms with Gasteiger partial charge in [-0.2, -0.15) is 0 Å². The second-order valence-electron chi connectivity index (χ2n) is 5.28. The number of aryl methyl sites for hydroxylation is 1. The molecule has 0 bridgehead atoms. The summed E-state index contributed by atoms with van der Waals surface area (Å²) in [5.74, 6) is -0.234. The van der Waals surface area contributed by atoms with Crippen LogP contribution in [0.4, 0.5) is 10.1 Å². The topological polar surface area (TPSA) is 29.3 Å². The summed E-state index contributed by atoms with van der Waals surface area (Å²) in [5, 5.41) is 0.569. The van der Waals surface area contributed by atoms with Crippen molar-refractivity contribution < 1.29 is 4.39 Å². The number of hydrogen-bond donors (Lipinski definition) is 1. The Labute approximate surface area is 108 Å². The quantitative estimate of drug-likeness (QED) is 0.899. The van der Waals surface area contributed by atoms with E-state index in [9.17, 15) is 4.39 Å². The zero-order valence-corrected chi connectivity index (χ0v) is 11.6. The molecule has 0 amide bonds. The van der Waals surface area contributed by atoms with E-state index in [0.29, 0.717) is 22.8 Å². The van der Waals surface area contributed by atoms with Crippen molar-refractivity contribution >= 4 is 17.3 Å². The largest absolute Gasteiger partial charge is 0.373 e. The van der Waals surface area contributed by atoms with Crippen molar-refractivity contribution in [1.29, 1.82) is 0 Å². The Kier molecular flexibility index (Phi) is 4.39. The van der Waals surface area contributed by atoms with Gasteiger partial charge in [0, 0.05) is 13.6 Å². The molecule has 0 unspecified atom stereocenters. The normalized spacial score (nSPS) is 11.7. The fourth-order valence-electron chi connectivity index (χ4n) is 1.72. The van der Waals surface area contributed by atoms with E-state index < -0.39 is 0 Å². The summed E-state index contributed by atoms with van der Waals surface area (Å²) in [4.78, 5) is 1.94. The van der Waals surface area contributed by atoms with Gasteiger partial charge in [0.25, 0.3) is 0 Å². The van der Waals surface area contributed by atoms with Gasteiger partial charge >= 0.3 is 0 Å².